The second-order valence-corrected chi connectivity index (χ2v) is 37.8. The van der Waals surface area contributed by atoms with Crippen LogP contribution in [0.3, 0.4) is 0 Å². The van der Waals surface area contributed by atoms with Crippen molar-refractivity contribution >= 4 is 11.0 Å². The third-order valence-electron chi connectivity index (χ3n) is 25.3. The average Bonchev–Trinajstić information content (AvgIpc) is 1.61. The van der Waals surface area contributed by atoms with Crippen LogP contribution in [0.25, 0.3) is 96.4 Å². The standard InChI is InChI=1S/2C26H35N2.2C23H29N2.C21H19N2.5CH4/c2*1-17(2)21-15-23(18(3)4)25(24(16-21)19(5)6)28-14-13-27(8)26(28)22-12-10-9-11-20(22)7;2*1-16(2)19-12-9-13-20(17(3)4)22(19)25-15-14-24(6)23(25)21-11-8-7-10-18(21)5;1-16-10-6-7-13-18(16)21-22(2)19-14-8-9-15-20(19)23(21)17-11-4-3-5-12-17;;;;;/h2*9-19H,1-8H3;2*7-17H,1-6H3;3-15H,1-2H3;5*1H4/q5*+1;;;;;/i17D,18D,19D;;16D,17D;;;;;;;. The molecule has 10 heteroatoms. The van der Waals surface area contributed by atoms with Gasteiger partial charge in [-0.3, -0.25) is 0 Å². The smallest absolute Gasteiger partial charge is 0.232 e. The first-order chi connectivity index (χ1) is 63.0. The zero-order valence-electron chi connectivity index (χ0n) is 88.0. The molecule has 10 nitrogen and oxygen atoms in total. The molecule has 16 rings (SSSR count). The minimum absolute atomic E-state index is 0. The van der Waals surface area contributed by atoms with E-state index in [0.29, 0.717) is 29.6 Å². The number of aromatic nitrogens is 10. The van der Waals surface area contributed by atoms with E-state index < -0.39 is 29.5 Å². The summed E-state index contributed by atoms with van der Waals surface area (Å²) in [4.78, 5) is 0. The number of fused-ring (bicyclic) bond motifs is 1. The molecule has 0 radical (unpaired) electrons. The molecule has 0 saturated carbocycles. The van der Waals surface area contributed by atoms with Crippen LogP contribution in [-0.2, 0) is 35.2 Å². The summed E-state index contributed by atoms with van der Waals surface area (Å²) in [5.74, 6) is 3.96. The van der Waals surface area contributed by atoms with Gasteiger partial charge in [0.1, 0.15) is 78.0 Å². The fraction of sp³-hybridized carbons (Fsp3) is 0.363. The predicted molar refractivity (Wildman–Crippen MR) is 578 cm³/mol. The van der Waals surface area contributed by atoms with Crippen LogP contribution < -0.4 is 22.8 Å². The first kappa shape index (κ1) is 101. The summed E-state index contributed by atoms with van der Waals surface area (Å²) in [5, 5.41) is 0. The normalized spacial score (nSPS) is 12.1. The molecule has 0 N–H and O–H groups in total. The lowest BCUT2D eigenvalue weighted by Crippen LogP contribution is -2.30. The van der Waals surface area contributed by atoms with E-state index in [1.807, 2.05) is 157 Å². The quantitative estimate of drug-likeness (QED) is 0.0683. The molecular formula is C124H167N10+5. The molecule has 11 aromatic carbocycles. The Morgan fingerprint density at radius 3 is 0.784 bits per heavy atom. The molecule has 0 aliphatic rings. The van der Waals surface area contributed by atoms with Crippen molar-refractivity contribution in [2.75, 3.05) is 0 Å². The van der Waals surface area contributed by atoms with Crippen LogP contribution in [0.4, 0.5) is 0 Å². The molecule has 16 aromatic rings. The lowest BCUT2D eigenvalue weighted by molar-refractivity contribution is -0.659. The molecule has 0 unspecified atom stereocenters. The second kappa shape index (κ2) is 47.6. The lowest BCUT2D eigenvalue weighted by atomic mass is 9.87. The van der Waals surface area contributed by atoms with Crippen molar-refractivity contribution < 1.29 is 29.7 Å². The monoisotopic (exact) mass is 1800 g/mol. The molecule has 0 saturated heterocycles. The minimum atomic E-state index is -0.900. The molecule has 5 heterocycles. The number of hydrogen-bond donors (Lipinski definition) is 0. The number of benzene rings is 11. The maximum absolute atomic E-state index is 8.95. The number of aryl methyl sites for hydroxylation is 10. The van der Waals surface area contributed by atoms with E-state index in [1.165, 1.54) is 118 Å². The summed E-state index contributed by atoms with van der Waals surface area (Å²) in [6.07, 6.45) is 16.9. The van der Waals surface area contributed by atoms with Gasteiger partial charge in [-0.05, 0) is 187 Å². The minimum Gasteiger partial charge on any atom is -0.232 e. The van der Waals surface area contributed by atoms with Gasteiger partial charge in [0.2, 0.25) is 0 Å². The first-order valence-electron chi connectivity index (χ1n) is 48.8. The highest BCUT2D eigenvalue weighted by molar-refractivity contribution is 5.80. The fourth-order valence-electron chi connectivity index (χ4n) is 18.0. The molecule has 0 bridgehead atoms. The Bertz CT molecular complexity index is 6700. The van der Waals surface area contributed by atoms with Crippen LogP contribution in [0.1, 0.15) is 325 Å². The van der Waals surface area contributed by atoms with Crippen LogP contribution in [0.15, 0.2) is 286 Å². The predicted octanol–water partition coefficient (Wildman–Crippen LogP) is 32.0. The van der Waals surface area contributed by atoms with Crippen LogP contribution in [-0.4, -0.2) is 22.8 Å². The highest BCUT2D eigenvalue weighted by Gasteiger charge is 2.34. The van der Waals surface area contributed by atoms with Crippen molar-refractivity contribution in [3.8, 4) is 85.4 Å². The summed E-state index contributed by atoms with van der Waals surface area (Å²) < 4.78 is 66.3. The van der Waals surface area contributed by atoms with Crippen molar-refractivity contribution in [1.82, 2.24) is 22.8 Å². The maximum Gasteiger partial charge on any atom is 0.295 e. The van der Waals surface area contributed by atoms with Gasteiger partial charge in [-0.2, -0.15) is 22.8 Å². The molecule has 5 aromatic heterocycles. The van der Waals surface area contributed by atoms with Crippen molar-refractivity contribution in [1.29, 1.82) is 0 Å². The largest absolute Gasteiger partial charge is 0.295 e. The van der Waals surface area contributed by atoms with Crippen LogP contribution in [0.2, 0.25) is 0 Å². The SMILES string of the molecule is C.C.C.C.C.Cc1ccccc1-c1n(-c2c(C(C)C)cc(C(C)C)cc2C(C)C)cc[n+]1C.Cc1ccccc1-c1n(-c2c(C(C)C)cccc2C(C)C)cc[n+]1C.Cc1ccccc1-c1n(-c2ccccc2)c2ccccc2[n+]1C.[2H]C(C)(C)c1cc(C([2H])(C)C)c(-n2cc[n+](C)c2-c2ccccc2C)c(C([2H])(C)C)c1.[2H]C(C)(C)c1cccc(C([2H])(C)C)c1-n1cc[n+](C)c1-c1ccccc1C. The number of nitrogens with zero attached hydrogens (tertiary/aromatic N) is 10. The van der Waals surface area contributed by atoms with Gasteiger partial charge in [-0.25, -0.2) is 22.8 Å². The summed E-state index contributed by atoms with van der Waals surface area (Å²) in [6.45, 7) is 52.6. The Morgan fingerprint density at radius 2 is 0.493 bits per heavy atom. The topological polar surface area (TPSA) is 44.0 Å². The van der Waals surface area contributed by atoms with E-state index in [2.05, 4.69) is 384 Å². The van der Waals surface area contributed by atoms with Gasteiger partial charge in [0, 0.05) is 51.4 Å². The van der Waals surface area contributed by atoms with Crippen molar-refractivity contribution in [3.63, 3.8) is 0 Å². The number of hydrogen-bond acceptors (Lipinski definition) is 0. The molecule has 708 valence electrons. The van der Waals surface area contributed by atoms with Gasteiger partial charge < -0.3 is 0 Å². The van der Waals surface area contributed by atoms with E-state index in [9.17, 15) is 0 Å². The Kier molecular flexibility index (Phi) is 35.8. The molecular weight excluding hydrogens is 1630 g/mol. The maximum atomic E-state index is 8.95. The van der Waals surface area contributed by atoms with Crippen LogP contribution in [0, 0.1) is 34.6 Å². The Labute approximate surface area is 818 Å². The third kappa shape index (κ3) is 23.2. The summed E-state index contributed by atoms with van der Waals surface area (Å²) >= 11 is 0. The van der Waals surface area contributed by atoms with Gasteiger partial charge in [0.05, 0.1) is 63.1 Å². The van der Waals surface area contributed by atoms with Crippen LogP contribution >= 0.6 is 0 Å². The van der Waals surface area contributed by atoms with Crippen molar-refractivity contribution in [2.24, 2.45) is 35.2 Å². The first-order valence-corrected chi connectivity index (χ1v) is 46.3. The molecule has 0 atom stereocenters. The molecule has 134 heavy (non-hydrogen) atoms. The van der Waals surface area contributed by atoms with Crippen molar-refractivity contribution in [3.05, 3.63) is 370 Å². The number of para-hydroxylation sites is 5. The summed E-state index contributed by atoms with van der Waals surface area (Å²) in [6, 6.07) is 83.2. The molecule has 0 amide bonds. The highest BCUT2D eigenvalue weighted by Crippen LogP contribution is 2.42. The Hall–Kier alpha value is -12.3. The number of imidazole rings is 5. The molecule has 0 aliphatic carbocycles. The second-order valence-electron chi connectivity index (χ2n) is 37.8. The average molecular weight is 1800 g/mol. The highest BCUT2D eigenvalue weighted by atomic mass is 15.2. The molecule has 0 spiro atoms. The van der Waals surface area contributed by atoms with Gasteiger partial charge in [-0.1, -0.05) is 358 Å². The third-order valence-corrected chi connectivity index (χ3v) is 25.3. The Balaban J connectivity index is 0.000000235. The summed E-state index contributed by atoms with van der Waals surface area (Å²) in [5.41, 5.74) is 31.9. The zero-order chi connectivity index (χ0) is 97.9. The zero-order valence-corrected chi connectivity index (χ0v) is 83.0. The van der Waals surface area contributed by atoms with E-state index in [-0.39, 0.29) is 37.1 Å². The van der Waals surface area contributed by atoms with E-state index >= 15 is 0 Å². The lowest BCUT2D eigenvalue weighted by Gasteiger charge is -2.21. The molecule has 0 fully saturated rings. The number of rotatable bonds is 20. The molecule has 0 aliphatic heterocycles. The van der Waals surface area contributed by atoms with Gasteiger partial charge >= 0.3 is 0 Å². The van der Waals surface area contributed by atoms with E-state index in [1.54, 1.807) is 0 Å². The van der Waals surface area contributed by atoms with Crippen LogP contribution in [0.5, 0.6) is 0 Å². The fourth-order valence-corrected chi connectivity index (χ4v) is 18.0. The van der Waals surface area contributed by atoms with E-state index in [0.717, 1.165) is 62.0 Å². The van der Waals surface area contributed by atoms with Crippen molar-refractivity contribution in [2.45, 2.75) is 269 Å². The van der Waals surface area contributed by atoms with Gasteiger partial charge in [0.25, 0.3) is 29.1 Å². The van der Waals surface area contributed by atoms with E-state index in [4.69, 9.17) is 6.85 Å². The summed E-state index contributed by atoms with van der Waals surface area (Å²) in [7, 11) is 10.5. The Morgan fingerprint density at radius 1 is 0.239 bits per heavy atom. The van der Waals surface area contributed by atoms with Gasteiger partial charge in [0.15, 0.2) is 11.0 Å². The van der Waals surface area contributed by atoms with Gasteiger partial charge in [-0.15, -0.1) is 0 Å².